The van der Waals surface area contributed by atoms with E-state index in [0.29, 0.717) is 16.7 Å². The van der Waals surface area contributed by atoms with E-state index in [4.69, 9.17) is 9.52 Å². The number of aromatic carboxylic acids is 1. The second-order valence-corrected chi connectivity index (χ2v) is 4.33. The second-order valence-electron chi connectivity index (χ2n) is 4.33. The Hall–Kier alpha value is -3.16. The molecule has 8 nitrogen and oxygen atoms in total. The molecule has 21 heavy (non-hydrogen) atoms. The molecule has 106 valence electrons. The molecule has 3 aromatic rings. The molecule has 0 atom stereocenters. The van der Waals surface area contributed by atoms with Gasteiger partial charge >= 0.3 is 11.9 Å². The maximum atomic E-state index is 11.2. The molecule has 2 heterocycles. The summed E-state index contributed by atoms with van der Waals surface area (Å²) in [5, 5.41) is 24.3. The van der Waals surface area contributed by atoms with Gasteiger partial charge in [0.25, 0.3) is 0 Å². The van der Waals surface area contributed by atoms with Gasteiger partial charge in [0, 0.05) is 5.39 Å². The monoisotopic (exact) mass is 287 g/mol. The third kappa shape index (κ3) is 2.22. The van der Waals surface area contributed by atoms with Crippen molar-refractivity contribution in [3.05, 3.63) is 58.0 Å². The summed E-state index contributed by atoms with van der Waals surface area (Å²) < 4.78 is 6.51. The molecule has 0 fully saturated rings. The van der Waals surface area contributed by atoms with Crippen molar-refractivity contribution in [1.29, 1.82) is 0 Å². The summed E-state index contributed by atoms with van der Waals surface area (Å²) in [7, 11) is 0. The normalized spacial score (nSPS) is 10.9. The molecule has 0 saturated carbocycles. The highest BCUT2D eigenvalue weighted by molar-refractivity contribution is 6.01. The first-order chi connectivity index (χ1) is 10.1. The fraction of sp³-hybridized carbons (Fsp3) is 0.0769. The van der Waals surface area contributed by atoms with Crippen LogP contribution in [0.2, 0.25) is 0 Å². The number of carboxylic acids is 1. The summed E-state index contributed by atoms with van der Waals surface area (Å²) in [6.45, 7) is 0.113. The minimum absolute atomic E-state index is 0.0633. The van der Waals surface area contributed by atoms with Gasteiger partial charge in [-0.15, -0.1) is 0 Å². The molecule has 1 N–H and O–H groups in total. The number of hydrogen-bond donors (Lipinski definition) is 1. The molecule has 0 radical (unpaired) electrons. The number of hydrogen-bond acceptors (Lipinski definition) is 5. The lowest BCUT2D eigenvalue weighted by Crippen LogP contribution is -2.03. The van der Waals surface area contributed by atoms with E-state index in [0.717, 1.165) is 0 Å². The van der Waals surface area contributed by atoms with Crippen molar-refractivity contribution in [2.45, 2.75) is 6.54 Å². The van der Waals surface area contributed by atoms with Crippen LogP contribution in [0, 0.1) is 10.1 Å². The van der Waals surface area contributed by atoms with Crippen LogP contribution < -0.4 is 0 Å². The fourth-order valence-electron chi connectivity index (χ4n) is 2.10. The van der Waals surface area contributed by atoms with Gasteiger partial charge in [0.2, 0.25) is 0 Å². The number of rotatable bonds is 4. The maximum Gasteiger partial charge on any atom is 0.433 e. The molecular weight excluding hydrogens is 278 g/mol. The fourth-order valence-corrected chi connectivity index (χ4v) is 2.10. The molecular formula is C13H9N3O5. The summed E-state index contributed by atoms with van der Waals surface area (Å²) >= 11 is 0. The molecule has 3 rings (SSSR count). The van der Waals surface area contributed by atoms with E-state index in [9.17, 15) is 14.9 Å². The standard InChI is InChI=1S/C13H9N3O5/c17-13(18)12-9-3-1-2-4-10(9)15(14-12)7-8-5-6-11(21-8)16(19)20/h1-6H,7H2,(H,17,18). The van der Waals surface area contributed by atoms with Gasteiger partial charge < -0.3 is 9.52 Å². The zero-order valence-corrected chi connectivity index (χ0v) is 10.6. The van der Waals surface area contributed by atoms with E-state index in [1.165, 1.54) is 16.8 Å². The molecule has 0 saturated heterocycles. The van der Waals surface area contributed by atoms with Crippen LogP contribution in [0.25, 0.3) is 10.9 Å². The van der Waals surface area contributed by atoms with E-state index >= 15 is 0 Å². The van der Waals surface area contributed by atoms with Crippen molar-refractivity contribution >= 4 is 22.8 Å². The lowest BCUT2D eigenvalue weighted by atomic mass is 10.2. The summed E-state index contributed by atoms with van der Waals surface area (Å²) in [6.07, 6.45) is 0. The Morgan fingerprint density at radius 2 is 2.10 bits per heavy atom. The topological polar surface area (TPSA) is 111 Å². The highest BCUT2D eigenvalue weighted by atomic mass is 16.6. The van der Waals surface area contributed by atoms with Crippen molar-refractivity contribution in [3.8, 4) is 0 Å². The highest BCUT2D eigenvalue weighted by Crippen LogP contribution is 2.21. The first-order valence-electron chi connectivity index (χ1n) is 5.98. The van der Waals surface area contributed by atoms with Crippen LogP contribution >= 0.6 is 0 Å². The molecule has 1 aromatic carbocycles. The van der Waals surface area contributed by atoms with Gasteiger partial charge in [-0.2, -0.15) is 5.10 Å². The van der Waals surface area contributed by atoms with Gasteiger partial charge in [-0.1, -0.05) is 18.2 Å². The molecule has 0 bridgehead atoms. The molecule has 8 heteroatoms. The average molecular weight is 287 g/mol. The van der Waals surface area contributed by atoms with E-state index < -0.39 is 10.9 Å². The first kappa shape index (κ1) is 12.9. The molecule has 0 unspecified atom stereocenters. The average Bonchev–Trinajstić information content (AvgIpc) is 3.05. The third-order valence-corrected chi connectivity index (χ3v) is 2.99. The van der Waals surface area contributed by atoms with Crippen LogP contribution in [-0.4, -0.2) is 25.8 Å². The van der Waals surface area contributed by atoms with Gasteiger partial charge in [0.05, 0.1) is 18.1 Å². The number of nitrogens with zero attached hydrogens (tertiary/aromatic N) is 3. The zero-order valence-electron chi connectivity index (χ0n) is 10.6. The summed E-state index contributed by atoms with van der Waals surface area (Å²) in [5.74, 6) is -1.16. The lowest BCUT2D eigenvalue weighted by molar-refractivity contribution is -0.402. The van der Waals surface area contributed by atoms with Gasteiger partial charge in [-0.3, -0.25) is 14.8 Å². The molecule has 0 aliphatic heterocycles. The van der Waals surface area contributed by atoms with Crippen LogP contribution in [0.15, 0.2) is 40.8 Å². The molecule has 0 amide bonds. The smallest absolute Gasteiger partial charge is 0.433 e. The van der Waals surface area contributed by atoms with Crippen molar-refractivity contribution in [2.75, 3.05) is 0 Å². The number of furan rings is 1. The quantitative estimate of drug-likeness (QED) is 0.582. The lowest BCUT2D eigenvalue weighted by Gasteiger charge is -1.99. The number of fused-ring (bicyclic) bond motifs is 1. The van der Waals surface area contributed by atoms with Crippen LogP contribution in [-0.2, 0) is 6.54 Å². The Morgan fingerprint density at radius 3 is 2.76 bits per heavy atom. The Kier molecular flexibility index (Phi) is 2.90. The molecule has 0 aliphatic carbocycles. The van der Waals surface area contributed by atoms with Crippen molar-refractivity contribution in [1.82, 2.24) is 9.78 Å². The van der Waals surface area contributed by atoms with Crippen molar-refractivity contribution < 1.29 is 19.2 Å². The Morgan fingerprint density at radius 1 is 1.33 bits per heavy atom. The predicted octanol–water partition coefficient (Wildman–Crippen LogP) is 2.28. The SMILES string of the molecule is O=C(O)c1nn(Cc2ccc([N+](=O)[O-])o2)c2ccccc12. The van der Waals surface area contributed by atoms with Gasteiger partial charge in [0.1, 0.15) is 10.7 Å². The zero-order chi connectivity index (χ0) is 15.0. The van der Waals surface area contributed by atoms with Gasteiger partial charge in [-0.25, -0.2) is 4.79 Å². The molecule has 2 aromatic heterocycles. The minimum Gasteiger partial charge on any atom is -0.476 e. The highest BCUT2D eigenvalue weighted by Gasteiger charge is 2.18. The van der Waals surface area contributed by atoms with Crippen LogP contribution in [0.1, 0.15) is 16.2 Å². The Balaban J connectivity index is 2.04. The van der Waals surface area contributed by atoms with Crippen LogP contribution in [0.3, 0.4) is 0 Å². The number of carboxylic acid groups (broad SMARTS) is 1. The third-order valence-electron chi connectivity index (χ3n) is 2.99. The Labute approximate surface area is 117 Å². The second kappa shape index (κ2) is 4.75. The summed E-state index contributed by atoms with van der Waals surface area (Å²) in [6, 6.07) is 9.59. The number of nitro groups is 1. The van der Waals surface area contributed by atoms with E-state index in [1.807, 2.05) is 0 Å². The number of carbonyl (C=O) groups is 1. The largest absolute Gasteiger partial charge is 0.476 e. The maximum absolute atomic E-state index is 11.2. The van der Waals surface area contributed by atoms with E-state index in [-0.39, 0.29) is 18.1 Å². The summed E-state index contributed by atoms with van der Waals surface area (Å²) in [4.78, 5) is 21.1. The minimum atomic E-state index is -1.13. The molecule has 0 aliphatic rings. The van der Waals surface area contributed by atoms with E-state index in [1.54, 1.807) is 24.3 Å². The Bertz CT molecular complexity index is 848. The number of para-hydroxylation sites is 1. The molecule has 0 spiro atoms. The predicted molar refractivity (Wildman–Crippen MR) is 71.2 cm³/mol. The summed E-state index contributed by atoms with van der Waals surface area (Å²) in [5.41, 5.74) is 0.556. The number of aromatic nitrogens is 2. The van der Waals surface area contributed by atoms with Crippen LogP contribution in [0.5, 0.6) is 0 Å². The number of benzene rings is 1. The van der Waals surface area contributed by atoms with Gasteiger partial charge in [0.15, 0.2) is 5.69 Å². The first-order valence-corrected chi connectivity index (χ1v) is 5.98. The van der Waals surface area contributed by atoms with Crippen LogP contribution in [0.4, 0.5) is 5.88 Å². The van der Waals surface area contributed by atoms with Crippen molar-refractivity contribution in [2.24, 2.45) is 0 Å². The van der Waals surface area contributed by atoms with E-state index in [2.05, 4.69) is 5.10 Å². The van der Waals surface area contributed by atoms with Crippen molar-refractivity contribution in [3.63, 3.8) is 0 Å². The van der Waals surface area contributed by atoms with Gasteiger partial charge in [-0.05, 0) is 12.1 Å².